The minimum absolute atomic E-state index is 0.0379. The van der Waals surface area contributed by atoms with Gasteiger partial charge in [-0.1, -0.05) is 0 Å². The SMILES string of the molecule is Cc1nn(C)c(C)c1CC(N)c1ccnn1C. The molecular formula is C12H19N5. The van der Waals surface area contributed by atoms with Crippen molar-refractivity contribution >= 4 is 0 Å². The molecule has 5 heteroatoms. The fraction of sp³-hybridized carbons (Fsp3) is 0.500. The van der Waals surface area contributed by atoms with Crippen LogP contribution < -0.4 is 5.73 Å². The lowest BCUT2D eigenvalue weighted by Gasteiger charge is -2.12. The van der Waals surface area contributed by atoms with Crippen molar-refractivity contribution in [2.75, 3.05) is 0 Å². The molecule has 0 aliphatic rings. The summed E-state index contributed by atoms with van der Waals surface area (Å²) in [6, 6.07) is 1.93. The van der Waals surface area contributed by atoms with E-state index in [1.165, 1.54) is 11.3 Å². The van der Waals surface area contributed by atoms with Crippen molar-refractivity contribution in [2.45, 2.75) is 26.3 Å². The zero-order valence-electron chi connectivity index (χ0n) is 10.8. The number of nitrogens with zero attached hydrogens (tertiary/aromatic N) is 4. The minimum atomic E-state index is -0.0379. The summed E-state index contributed by atoms with van der Waals surface area (Å²) in [5.41, 5.74) is 10.7. The third-order valence-electron chi connectivity index (χ3n) is 3.32. The fourth-order valence-corrected chi connectivity index (χ4v) is 2.19. The summed E-state index contributed by atoms with van der Waals surface area (Å²) in [6.07, 6.45) is 2.57. The second-order valence-electron chi connectivity index (χ2n) is 4.46. The number of aromatic nitrogens is 4. The summed E-state index contributed by atoms with van der Waals surface area (Å²) >= 11 is 0. The van der Waals surface area contributed by atoms with Crippen molar-refractivity contribution in [3.05, 3.63) is 34.9 Å². The molecule has 0 amide bonds. The molecule has 2 rings (SSSR count). The molecule has 0 fully saturated rings. The molecule has 0 aliphatic carbocycles. The average Bonchev–Trinajstić information content (AvgIpc) is 2.78. The van der Waals surface area contributed by atoms with E-state index in [0.717, 1.165) is 17.8 Å². The zero-order chi connectivity index (χ0) is 12.6. The lowest BCUT2D eigenvalue weighted by atomic mass is 10.0. The minimum Gasteiger partial charge on any atom is -0.322 e. The van der Waals surface area contributed by atoms with Crippen LogP contribution in [0.5, 0.6) is 0 Å². The Bertz CT molecular complexity index is 523. The molecule has 0 aromatic carbocycles. The Labute approximate surface area is 101 Å². The van der Waals surface area contributed by atoms with Crippen molar-refractivity contribution in [3.8, 4) is 0 Å². The third kappa shape index (κ3) is 2.10. The Morgan fingerprint density at radius 1 is 1.29 bits per heavy atom. The molecule has 17 heavy (non-hydrogen) atoms. The summed E-state index contributed by atoms with van der Waals surface area (Å²) in [6.45, 7) is 4.10. The first-order valence-electron chi connectivity index (χ1n) is 5.73. The van der Waals surface area contributed by atoms with Crippen LogP contribution in [-0.4, -0.2) is 19.6 Å². The maximum atomic E-state index is 6.22. The van der Waals surface area contributed by atoms with E-state index < -0.39 is 0 Å². The van der Waals surface area contributed by atoms with Crippen LogP contribution in [0.3, 0.4) is 0 Å². The molecule has 1 atom stereocenters. The Morgan fingerprint density at radius 3 is 2.47 bits per heavy atom. The number of rotatable bonds is 3. The van der Waals surface area contributed by atoms with E-state index in [0.29, 0.717) is 0 Å². The summed E-state index contributed by atoms with van der Waals surface area (Å²) in [5.74, 6) is 0. The van der Waals surface area contributed by atoms with Gasteiger partial charge >= 0.3 is 0 Å². The van der Waals surface area contributed by atoms with E-state index in [4.69, 9.17) is 5.73 Å². The number of aryl methyl sites for hydroxylation is 3. The third-order valence-corrected chi connectivity index (χ3v) is 3.32. The normalized spacial score (nSPS) is 13.0. The van der Waals surface area contributed by atoms with Crippen molar-refractivity contribution in [3.63, 3.8) is 0 Å². The van der Waals surface area contributed by atoms with Crippen LogP contribution in [0.15, 0.2) is 12.3 Å². The molecule has 1 unspecified atom stereocenters. The van der Waals surface area contributed by atoms with Crippen molar-refractivity contribution < 1.29 is 0 Å². The van der Waals surface area contributed by atoms with Gasteiger partial charge in [0.2, 0.25) is 0 Å². The first-order chi connectivity index (χ1) is 8.00. The van der Waals surface area contributed by atoms with Gasteiger partial charge in [0.1, 0.15) is 0 Å². The summed E-state index contributed by atoms with van der Waals surface area (Å²) in [5, 5.41) is 8.55. The highest BCUT2D eigenvalue weighted by molar-refractivity contribution is 5.26. The van der Waals surface area contributed by atoms with Crippen molar-refractivity contribution in [2.24, 2.45) is 19.8 Å². The van der Waals surface area contributed by atoms with E-state index in [9.17, 15) is 0 Å². The maximum Gasteiger partial charge on any atom is 0.0629 e. The van der Waals surface area contributed by atoms with Crippen LogP contribution in [0.2, 0.25) is 0 Å². The molecule has 0 saturated heterocycles. The smallest absolute Gasteiger partial charge is 0.0629 e. The van der Waals surface area contributed by atoms with Crippen LogP contribution in [0.25, 0.3) is 0 Å². The molecule has 0 radical (unpaired) electrons. The predicted octanol–water partition coefficient (Wildman–Crippen LogP) is 1.01. The van der Waals surface area contributed by atoms with E-state index in [1.807, 2.05) is 36.4 Å². The van der Waals surface area contributed by atoms with Gasteiger partial charge in [-0.2, -0.15) is 10.2 Å². The van der Waals surface area contributed by atoms with Gasteiger partial charge in [-0.05, 0) is 31.9 Å². The molecule has 2 heterocycles. The van der Waals surface area contributed by atoms with Crippen LogP contribution in [0.1, 0.15) is 28.7 Å². The molecule has 0 bridgehead atoms. The first kappa shape index (κ1) is 11.9. The highest BCUT2D eigenvalue weighted by atomic mass is 15.3. The van der Waals surface area contributed by atoms with Gasteiger partial charge in [0.15, 0.2) is 0 Å². The number of hydrogen-bond acceptors (Lipinski definition) is 3. The van der Waals surface area contributed by atoms with Gasteiger partial charge < -0.3 is 5.73 Å². The number of nitrogens with two attached hydrogens (primary N) is 1. The lowest BCUT2D eigenvalue weighted by Crippen LogP contribution is -2.17. The Kier molecular flexibility index (Phi) is 3.02. The van der Waals surface area contributed by atoms with Gasteiger partial charge in [-0.3, -0.25) is 9.36 Å². The first-order valence-corrected chi connectivity index (χ1v) is 5.73. The van der Waals surface area contributed by atoms with Gasteiger partial charge in [-0.15, -0.1) is 0 Å². The average molecular weight is 233 g/mol. The van der Waals surface area contributed by atoms with E-state index in [1.54, 1.807) is 6.20 Å². The molecule has 0 saturated carbocycles. The maximum absolute atomic E-state index is 6.22. The molecule has 2 N–H and O–H groups in total. The van der Waals surface area contributed by atoms with Gasteiger partial charge in [0.25, 0.3) is 0 Å². The van der Waals surface area contributed by atoms with Crippen molar-refractivity contribution in [1.82, 2.24) is 19.6 Å². The molecule has 0 aliphatic heterocycles. The second-order valence-corrected chi connectivity index (χ2v) is 4.46. The molecule has 5 nitrogen and oxygen atoms in total. The van der Waals surface area contributed by atoms with Crippen LogP contribution in [0.4, 0.5) is 0 Å². The van der Waals surface area contributed by atoms with E-state index >= 15 is 0 Å². The molecular weight excluding hydrogens is 214 g/mol. The van der Waals surface area contributed by atoms with E-state index in [-0.39, 0.29) is 6.04 Å². The highest BCUT2D eigenvalue weighted by Crippen LogP contribution is 2.20. The van der Waals surface area contributed by atoms with Gasteiger partial charge in [0.05, 0.1) is 17.4 Å². The monoisotopic (exact) mass is 233 g/mol. The summed E-state index contributed by atoms with van der Waals surface area (Å²) in [7, 11) is 3.87. The molecule has 2 aromatic rings. The Morgan fingerprint density at radius 2 is 2.00 bits per heavy atom. The standard InChI is InChI=1S/C12H19N5/c1-8-10(9(2)16(3)15-8)7-11(13)12-5-6-14-17(12)4/h5-6,11H,7,13H2,1-4H3. The topological polar surface area (TPSA) is 61.7 Å². The fourth-order valence-electron chi connectivity index (χ4n) is 2.19. The van der Waals surface area contributed by atoms with Crippen LogP contribution in [-0.2, 0) is 20.5 Å². The Balaban J connectivity index is 2.24. The molecule has 0 spiro atoms. The lowest BCUT2D eigenvalue weighted by molar-refractivity contribution is 0.614. The summed E-state index contributed by atoms with van der Waals surface area (Å²) in [4.78, 5) is 0. The zero-order valence-corrected chi connectivity index (χ0v) is 10.8. The largest absolute Gasteiger partial charge is 0.322 e. The van der Waals surface area contributed by atoms with Crippen LogP contribution in [0, 0.1) is 13.8 Å². The number of hydrogen-bond donors (Lipinski definition) is 1. The summed E-state index contributed by atoms with van der Waals surface area (Å²) < 4.78 is 3.73. The van der Waals surface area contributed by atoms with E-state index in [2.05, 4.69) is 17.1 Å². The second kappa shape index (κ2) is 4.33. The Hall–Kier alpha value is -1.62. The quantitative estimate of drug-likeness (QED) is 0.860. The van der Waals surface area contributed by atoms with Gasteiger partial charge in [0, 0.05) is 26.0 Å². The molecule has 2 aromatic heterocycles. The van der Waals surface area contributed by atoms with Crippen LogP contribution >= 0.6 is 0 Å². The van der Waals surface area contributed by atoms with Crippen molar-refractivity contribution in [1.29, 1.82) is 0 Å². The molecule has 92 valence electrons. The predicted molar refractivity (Wildman–Crippen MR) is 66.5 cm³/mol. The highest BCUT2D eigenvalue weighted by Gasteiger charge is 2.16. The van der Waals surface area contributed by atoms with Gasteiger partial charge in [-0.25, -0.2) is 0 Å².